The van der Waals surface area contributed by atoms with Crippen molar-refractivity contribution in [3.8, 4) is 0 Å². The van der Waals surface area contributed by atoms with Crippen LogP contribution in [-0.2, 0) is 4.74 Å². The summed E-state index contributed by atoms with van der Waals surface area (Å²) in [7, 11) is 0. The van der Waals surface area contributed by atoms with E-state index in [-0.39, 0.29) is 68.4 Å². The molecule has 0 fully saturated rings. The molecule has 1 rings (SSSR count). The van der Waals surface area contributed by atoms with Gasteiger partial charge in [0.05, 0.1) is 5.56 Å². The van der Waals surface area contributed by atoms with Gasteiger partial charge in [-0.05, 0) is 39.0 Å². The summed E-state index contributed by atoms with van der Waals surface area (Å²) < 4.78 is 5.88. The molecule has 0 aliphatic carbocycles. The first-order valence-corrected chi connectivity index (χ1v) is 5.60. The maximum atomic E-state index is 11.7. The second-order valence-electron chi connectivity index (χ2n) is 4.39. The number of hydrogen-bond donors (Lipinski definition) is 0. The van der Waals surface area contributed by atoms with Gasteiger partial charge in [-0.1, -0.05) is 15.9 Å². The number of aldehydes is 1. The fourth-order valence-electron chi connectivity index (χ4n) is 1.14. The molecule has 0 unspecified atom stereocenters. The van der Waals surface area contributed by atoms with Crippen LogP contribution in [0.2, 0.25) is 0 Å². The second kappa shape index (κ2) is 9.00. The Morgan fingerprint density at radius 3 is 2.28 bits per heavy atom. The Labute approximate surface area is 168 Å². The molecular weight excluding hydrogens is 391 g/mol. The van der Waals surface area contributed by atoms with Crippen molar-refractivity contribution < 1.29 is 82.7 Å². The first kappa shape index (κ1) is 21.3. The standard InChI is InChI=1S/C12H13BrO3.BrH.K/c1-12(2,3)16-11(15)9-4-8(7-14)5-10(13)6-9;;/h4-7H,1-3H3;1H;/q;;+1/p-1. The SMILES string of the molecule is CC(C)(C)OC(=O)c1cc(Br)cc(C=O)c1.[Br-].[K+]. The minimum absolute atomic E-state index is 0. The third kappa shape index (κ3) is 7.52. The van der Waals surface area contributed by atoms with E-state index in [4.69, 9.17) is 4.74 Å². The zero-order valence-electron chi connectivity index (χ0n) is 10.8. The smallest absolute Gasteiger partial charge is 1.00 e. The van der Waals surface area contributed by atoms with E-state index in [0.717, 1.165) is 0 Å². The molecule has 0 spiro atoms. The van der Waals surface area contributed by atoms with Crippen molar-refractivity contribution in [1.82, 2.24) is 0 Å². The number of carbonyl (C=O) groups is 2. The van der Waals surface area contributed by atoms with Crippen molar-refractivity contribution in [2.75, 3.05) is 0 Å². The number of esters is 1. The van der Waals surface area contributed by atoms with Crippen LogP contribution in [0.5, 0.6) is 0 Å². The predicted molar refractivity (Wildman–Crippen MR) is 64.7 cm³/mol. The Kier molecular flexibility index (Phi) is 10.6. The van der Waals surface area contributed by atoms with Crippen molar-refractivity contribution in [3.63, 3.8) is 0 Å². The Morgan fingerprint density at radius 2 is 1.83 bits per heavy atom. The fourth-order valence-corrected chi connectivity index (χ4v) is 1.65. The number of benzene rings is 1. The summed E-state index contributed by atoms with van der Waals surface area (Å²) in [4.78, 5) is 22.4. The van der Waals surface area contributed by atoms with E-state index in [1.54, 1.807) is 32.9 Å². The molecule has 0 saturated heterocycles. The summed E-state index contributed by atoms with van der Waals surface area (Å²) >= 11 is 3.24. The molecular formula is C12H13Br2KO3. The van der Waals surface area contributed by atoms with E-state index < -0.39 is 11.6 Å². The van der Waals surface area contributed by atoms with E-state index in [1.165, 1.54) is 6.07 Å². The zero-order chi connectivity index (χ0) is 12.3. The molecule has 0 heterocycles. The molecule has 0 amide bonds. The molecule has 1 aromatic carbocycles. The molecule has 0 aromatic heterocycles. The topological polar surface area (TPSA) is 43.4 Å². The van der Waals surface area contributed by atoms with Gasteiger partial charge in [0, 0.05) is 10.0 Å². The van der Waals surface area contributed by atoms with Gasteiger partial charge in [0.2, 0.25) is 0 Å². The average Bonchev–Trinajstić information content (AvgIpc) is 2.14. The molecule has 0 aliphatic heterocycles. The summed E-state index contributed by atoms with van der Waals surface area (Å²) in [5.41, 5.74) is 0.266. The van der Waals surface area contributed by atoms with Crippen LogP contribution in [0.1, 0.15) is 41.5 Å². The van der Waals surface area contributed by atoms with Crippen LogP contribution in [0.25, 0.3) is 0 Å². The van der Waals surface area contributed by atoms with Crippen LogP contribution in [0.3, 0.4) is 0 Å². The van der Waals surface area contributed by atoms with Gasteiger partial charge in [-0.3, -0.25) is 4.79 Å². The minimum Gasteiger partial charge on any atom is -1.00 e. The van der Waals surface area contributed by atoms with Gasteiger partial charge < -0.3 is 21.7 Å². The van der Waals surface area contributed by atoms with Crippen LogP contribution < -0.4 is 68.4 Å². The average molecular weight is 404 g/mol. The van der Waals surface area contributed by atoms with Crippen LogP contribution in [0, 0.1) is 0 Å². The van der Waals surface area contributed by atoms with Crippen LogP contribution in [0.15, 0.2) is 22.7 Å². The van der Waals surface area contributed by atoms with Crippen LogP contribution in [0.4, 0.5) is 0 Å². The van der Waals surface area contributed by atoms with Gasteiger partial charge in [-0.15, -0.1) is 0 Å². The Bertz CT molecular complexity index is 428. The van der Waals surface area contributed by atoms with E-state index in [1.807, 2.05) is 0 Å². The van der Waals surface area contributed by atoms with Crippen LogP contribution >= 0.6 is 15.9 Å². The fraction of sp³-hybridized carbons (Fsp3) is 0.333. The summed E-state index contributed by atoms with van der Waals surface area (Å²) in [5.74, 6) is -0.433. The van der Waals surface area contributed by atoms with Gasteiger partial charge in [-0.25, -0.2) is 4.79 Å². The Morgan fingerprint density at radius 1 is 1.28 bits per heavy atom. The van der Waals surface area contributed by atoms with E-state index >= 15 is 0 Å². The van der Waals surface area contributed by atoms with Crippen molar-refractivity contribution >= 4 is 28.2 Å². The van der Waals surface area contributed by atoms with E-state index in [0.29, 0.717) is 21.9 Å². The van der Waals surface area contributed by atoms with Gasteiger partial charge in [0.15, 0.2) is 0 Å². The first-order valence-electron chi connectivity index (χ1n) is 4.81. The molecule has 0 aliphatic rings. The number of hydrogen-bond acceptors (Lipinski definition) is 3. The molecule has 0 bridgehead atoms. The van der Waals surface area contributed by atoms with Gasteiger partial charge >= 0.3 is 57.4 Å². The molecule has 0 atom stereocenters. The van der Waals surface area contributed by atoms with Gasteiger partial charge in [0.1, 0.15) is 11.9 Å². The third-order valence-electron chi connectivity index (χ3n) is 1.69. The molecule has 3 nitrogen and oxygen atoms in total. The zero-order valence-corrected chi connectivity index (χ0v) is 17.1. The number of rotatable bonds is 2. The molecule has 6 heteroatoms. The van der Waals surface area contributed by atoms with Crippen molar-refractivity contribution in [2.45, 2.75) is 26.4 Å². The monoisotopic (exact) mass is 402 g/mol. The largest absolute Gasteiger partial charge is 1.00 e. The summed E-state index contributed by atoms with van der Waals surface area (Å²) in [6.45, 7) is 5.39. The first-order chi connectivity index (χ1) is 7.31. The molecule has 0 saturated carbocycles. The maximum absolute atomic E-state index is 11.7. The number of ether oxygens (including phenoxy) is 1. The summed E-state index contributed by atoms with van der Waals surface area (Å²) in [5, 5.41) is 0. The quantitative estimate of drug-likeness (QED) is 0.305. The Hall–Kier alpha value is 0.956. The van der Waals surface area contributed by atoms with Gasteiger partial charge in [-0.2, -0.15) is 0 Å². The third-order valence-corrected chi connectivity index (χ3v) is 2.15. The number of halogens is 2. The molecule has 18 heavy (non-hydrogen) atoms. The second-order valence-corrected chi connectivity index (χ2v) is 5.31. The molecule has 1 aromatic rings. The van der Waals surface area contributed by atoms with Crippen molar-refractivity contribution in [3.05, 3.63) is 33.8 Å². The van der Waals surface area contributed by atoms with Crippen molar-refractivity contribution in [1.29, 1.82) is 0 Å². The Balaban J connectivity index is 0. The summed E-state index contributed by atoms with van der Waals surface area (Å²) in [6.07, 6.45) is 0.693. The summed E-state index contributed by atoms with van der Waals surface area (Å²) in [6, 6.07) is 4.77. The maximum Gasteiger partial charge on any atom is 1.00 e. The molecule has 0 radical (unpaired) electrons. The van der Waals surface area contributed by atoms with Crippen molar-refractivity contribution in [2.24, 2.45) is 0 Å². The van der Waals surface area contributed by atoms with E-state index in [9.17, 15) is 9.59 Å². The van der Waals surface area contributed by atoms with E-state index in [2.05, 4.69) is 15.9 Å². The normalized spacial score (nSPS) is 9.78. The van der Waals surface area contributed by atoms with Gasteiger partial charge in [0.25, 0.3) is 0 Å². The minimum atomic E-state index is -0.541. The van der Waals surface area contributed by atoms with Crippen LogP contribution in [-0.4, -0.2) is 17.9 Å². The predicted octanol–water partition coefficient (Wildman–Crippen LogP) is -2.78. The molecule has 94 valence electrons. The number of carbonyl (C=O) groups excluding carboxylic acids is 2. The molecule has 0 N–H and O–H groups in total.